The summed E-state index contributed by atoms with van der Waals surface area (Å²) in [4.78, 5) is 16.8. The van der Waals surface area contributed by atoms with E-state index in [1.165, 1.54) is 0 Å². The number of imidazole rings is 1. The maximum absolute atomic E-state index is 12.4. The van der Waals surface area contributed by atoms with Crippen LogP contribution in [0.15, 0.2) is 24.4 Å². The van der Waals surface area contributed by atoms with Gasteiger partial charge in [0.05, 0.1) is 11.7 Å². The van der Waals surface area contributed by atoms with E-state index in [0.717, 1.165) is 43.0 Å². The lowest BCUT2D eigenvalue weighted by Crippen LogP contribution is -2.18. The molecule has 0 unspecified atom stereocenters. The number of benzene rings is 1. The van der Waals surface area contributed by atoms with E-state index in [1.807, 2.05) is 13.1 Å². The fourth-order valence-electron chi connectivity index (χ4n) is 2.89. The Morgan fingerprint density at radius 1 is 1.32 bits per heavy atom. The van der Waals surface area contributed by atoms with Crippen LogP contribution < -0.4 is 5.32 Å². The van der Waals surface area contributed by atoms with Gasteiger partial charge in [0.1, 0.15) is 17.2 Å². The van der Waals surface area contributed by atoms with Crippen molar-refractivity contribution in [2.75, 3.05) is 5.32 Å². The molecule has 1 N–H and O–H groups in total. The molecule has 0 aliphatic carbocycles. The topological polar surface area (TPSA) is 77.6 Å². The maximum Gasteiger partial charge on any atom is 0.256 e. The number of amides is 1. The van der Waals surface area contributed by atoms with Crippen LogP contribution in [0.5, 0.6) is 0 Å². The highest BCUT2D eigenvalue weighted by atomic mass is 16.1. The van der Waals surface area contributed by atoms with Crippen LogP contribution in [0.3, 0.4) is 0 Å². The number of rotatable bonds is 2. The van der Waals surface area contributed by atoms with E-state index in [-0.39, 0.29) is 5.91 Å². The first kappa shape index (κ1) is 13.0. The van der Waals surface area contributed by atoms with Crippen molar-refractivity contribution in [3.05, 3.63) is 35.8 Å². The first-order valence-corrected chi connectivity index (χ1v) is 7.37. The molecule has 1 aliphatic rings. The second-order valence-electron chi connectivity index (χ2n) is 5.54. The number of nitrogens with one attached hydrogen (secondary N) is 1. The number of nitrogens with zero attached hydrogens (tertiary/aromatic N) is 5. The summed E-state index contributed by atoms with van der Waals surface area (Å²) in [5.41, 5.74) is 2.18. The van der Waals surface area contributed by atoms with Crippen LogP contribution in [-0.4, -0.2) is 30.5 Å². The Labute approximate surface area is 126 Å². The van der Waals surface area contributed by atoms with Crippen molar-refractivity contribution in [1.29, 1.82) is 0 Å². The predicted molar refractivity (Wildman–Crippen MR) is 81.6 cm³/mol. The van der Waals surface area contributed by atoms with Crippen molar-refractivity contribution < 1.29 is 4.79 Å². The predicted octanol–water partition coefficient (Wildman–Crippen LogP) is 1.75. The average Bonchev–Trinajstić information content (AvgIpc) is 3.12. The molecule has 0 radical (unpaired) electrons. The molecule has 22 heavy (non-hydrogen) atoms. The van der Waals surface area contributed by atoms with Gasteiger partial charge in [-0.15, -0.1) is 5.10 Å². The summed E-state index contributed by atoms with van der Waals surface area (Å²) in [6.45, 7) is 0.911. The van der Waals surface area contributed by atoms with E-state index in [1.54, 1.807) is 23.0 Å². The lowest BCUT2D eigenvalue weighted by atomic mass is 10.1. The molecule has 2 aromatic heterocycles. The van der Waals surface area contributed by atoms with Crippen molar-refractivity contribution in [2.24, 2.45) is 7.05 Å². The van der Waals surface area contributed by atoms with Gasteiger partial charge in [0, 0.05) is 25.6 Å². The van der Waals surface area contributed by atoms with Crippen molar-refractivity contribution in [2.45, 2.75) is 25.8 Å². The summed E-state index contributed by atoms with van der Waals surface area (Å²) >= 11 is 0. The summed E-state index contributed by atoms with van der Waals surface area (Å²) in [6.07, 6.45) is 4.99. The Hall–Kier alpha value is -2.70. The van der Waals surface area contributed by atoms with Crippen molar-refractivity contribution in [1.82, 2.24) is 24.5 Å². The van der Waals surface area contributed by atoms with E-state index in [0.29, 0.717) is 11.1 Å². The first-order valence-electron chi connectivity index (χ1n) is 7.37. The zero-order chi connectivity index (χ0) is 15.1. The Bertz CT molecular complexity index is 862. The summed E-state index contributed by atoms with van der Waals surface area (Å²) in [5.74, 6) is 1.66. The summed E-state index contributed by atoms with van der Waals surface area (Å²) in [5, 5.41) is 10.9. The number of fused-ring (bicyclic) bond motifs is 2. The SMILES string of the molecule is Cn1nnc2cc(C(=O)Nc3cnc4n3CCCC4)ccc21. The molecule has 0 bridgehead atoms. The Kier molecular flexibility index (Phi) is 2.92. The van der Waals surface area contributed by atoms with E-state index < -0.39 is 0 Å². The summed E-state index contributed by atoms with van der Waals surface area (Å²) in [6, 6.07) is 5.40. The van der Waals surface area contributed by atoms with E-state index in [2.05, 4.69) is 25.2 Å². The molecular formula is C15H16N6O. The Morgan fingerprint density at radius 3 is 3.14 bits per heavy atom. The molecular weight excluding hydrogens is 280 g/mol. The van der Waals surface area contributed by atoms with Gasteiger partial charge in [-0.1, -0.05) is 5.21 Å². The number of hydrogen-bond acceptors (Lipinski definition) is 4. The molecule has 0 saturated carbocycles. The maximum atomic E-state index is 12.4. The zero-order valence-corrected chi connectivity index (χ0v) is 12.3. The third-order valence-electron chi connectivity index (χ3n) is 4.08. The summed E-state index contributed by atoms with van der Waals surface area (Å²) < 4.78 is 3.77. The molecule has 3 heterocycles. The number of aryl methyl sites for hydroxylation is 2. The normalized spacial score (nSPS) is 14.0. The molecule has 1 aliphatic heterocycles. The van der Waals surface area contributed by atoms with Crippen LogP contribution in [0.2, 0.25) is 0 Å². The van der Waals surface area contributed by atoms with Gasteiger partial charge >= 0.3 is 0 Å². The van der Waals surface area contributed by atoms with Gasteiger partial charge in [-0.2, -0.15) is 0 Å². The molecule has 0 spiro atoms. The molecule has 4 rings (SSSR count). The highest BCUT2D eigenvalue weighted by Gasteiger charge is 2.16. The molecule has 0 atom stereocenters. The molecule has 112 valence electrons. The third-order valence-corrected chi connectivity index (χ3v) is 4.08. The number of hydrogen-bond donors (Lipinski definition) is 1. The fourth-order valence-corrected chi connectivity index (χ4v) is 2.89. The lowest BCUT2D eigenvalue weighted by Gasteiger charge is -2.16. The van der Waals surface area contributed by atoms with Gasteiger partial charge in [-0.25, -0.2) is 9.67 Å². The minimum absolute atomic E-state index is 0.152. The molecule has 7 heteroatoms. The Morgan fingerprint density at radius 2 is 2.23 bits per heavy atom. The van der Waals surface area contributed by atoms with Crippen LogP contribution >= 0.6 is 0 Å². The second-order valence-corrected chi connectivity index (χ2v) is 5.54. The van der Waals surface area contributed by atoms with Gasteiger partial charge in [-0.05, 0) is 31.0 Å². The van der Waals surface area contributed by atoms with Gasteiger partial charge in [0.15, 0.2) is 0 Å². The zero-order valence-electron chi connectivity index (χ0n) is 12.3. The van der Waals surface area contributed by atoms with Gasteiger partial charge in [-0.3, -0.25) is 4.79 Å². The van der Waals surface area contributed by atoms with Gasteiger partial charge in [0.25, 0.3) is 5.91 Å². The highest BCUT2D eigenvalue weighted by Crippen LogP contribution is 2.20. The monoisotopic (exact) mass is 296 g/mol. The average molecular weight is 296 g/mol. The molecule has 0 saturated heterocycles. The largest absolute Gasteiger partial charge is 0.315 e. The molecule has 1 aromatic carbocycles. The van der Waals surface area contributed by atoms with Gasteiger partial charge in [0.2, 0.25) is 0 Å². The number of anilines is 1. The smallest absolute Gasteiger partial charge is 0.256 e. The van der Waals surface area contributed by atoms with Crippen LogP contribution in [-0.2, 0) is 20.0 Å². The molecule has 0 fully saturated rings. The standard InChI is InChI=1S/C15H16N6O/c1-20-12-6-5-10(8-11(12)18-19-20)15(22)17-14-9-16-13-4-2-3-7-21(13)14/h5-6,8-9H,2-4,7H2,1H3,(H,17,22). The van der Waals surface area contributed by atoms with Crippen molar-refractivity contribution in [3.8, 4) is 0 Å². The van der Waals surface area contributed by atoms with Gasteiger partial charge < -0.3 is 9.88 Å². The number of carbonyl (C=O) groups excluding carboxylic acids is 1. The van der Waals surface area contributed by atoms with E-state index >= 15 is 0 Å². The fraction of sp³-hybridized carbons (Fsp3) is 0.333. The van der Waals surface area contributed by atoms with Crippen LogP contribution in [0.1, 0.15) is 29.0 Å². The Balaban J connectivity index is 1.62. The van der Waals surface area contributed by atoms with Crippen LogP contribution in [0.4, 0.5) is 5.82 Å². The first-order chi connectivity index (χ1) is 10.7. The van der Waals surface area contributed by atoms with Crippen molar-refractivity contribution >= 4 is 22.8 Å². The molecule has 7 nitrogen and oxygen atoms in total. The quantitative estimate of drug-likeness (QED) is 0.781. The second kappa shape index (κ2) is 4.94. The van der Waals surface area contributed by atoms with E-state index in [4.69, 9.17) is 0 Å². The number of aromatic nitrogens is 5. The van der Waals surface area contributed by atoms with Crippen molar-refractivity contribution in [3.63, 3.8) is 0 Å². The molecule has 3 aromatic rings. The lowest BCUT2D eigenvalue weighted by molar-refractivity contribution is 0.102. The van der Waals surface area contributed by atoms with Crippen LogP contribution in [0, 0.1) is 0 Å². The van der Waals surface area contributed by atoms with Crippen LogP contribution in [0.25, 0.3) is 11.0 Å². The highest BCUT2D eigenvalue weighted by molar-refractivity contribution is 6.05. The summed E-state index contributed by atoms with van der Waals surface area (Å²) in [7, 11) is 1.83. The minimum atomic E-state index is -0.152. The van der Waals surface area contributed by atoms with E-state index in [9.17, 15) is 4.79 Å². The third kappa shape index (κ3) is 2.05. The number of carbonyl (C=O) groups is 1. The minimum Gasteiger partial charge on any atom is -0.315 e. The molecule has 1 amide bonds.